The highest BCUT2D eigenvalue weighted by Gasteiger charge is 2.05. The highest BCUT2D eigenvalue weighted by Crippen LogP contribution is 2.19. The van der Waals surface area contributed by atoms with Gasteiger partial charge >= 0.3 is 0 Å². The second-order valence-corrected chi connectivity index (χ2v) is 3.99. The quantitative estimate of drug-likeness (QED) is 0.781. The van der Waals surface area contributed by atoms with E-state index in [1.165, 1.54) is 0 Å². The molecule has 0 bridgehead atoms. The zero-order valence-electron chi connectivity index (χ0n) is 9.56. The van der Waals surface area contributed by atoms with Crippen LogP contribution in [-0.2, 0) is 11.2 Å². The molecule has 17 heavy (non-hydrogen) atoms. The van der Waals surface area contributed by atoms with Crippen molar-refractivity contribution < 1.29 is 4.74 Å². The minimum absolute atomic E-state index is 0.463. The monoisotopic (exact) mass is 248 g/mol. The lowest BCUT2D eigenvalue weighted by Gasteiger charge is -2.04. The van der Waals surface area contributed by atoms with Gasteiger partial charge in [-0.2, -0.15) is 0 Å². The Kier molecular flexibility index (Phi) is 4.07. The van der Waals surface area contributed by atoms with Gasteiger partial charge in [-0.1, -0.05) is 41.9 Å². The molecule has 0 amide bonds. The number of aromatic nitrogens is 2. The van der Waals surface area contributed by atoms with E-state index in [-0.39, 0.29) is 0 Å². The van der Waals surface area contributed by atoms with Crippen LogP contribution in [0.2, 0.25) is 5.15 Å². The maximum Gasteiger partial charge on any atom is 0.133 e. The van der Waals surface area contributed by atoms with E-state index in [9.17, 15) is 0 Å². The van der Waals surface area contributed by atoms with Crippen LogP contribution in [0.4, 0.5) is 0 Å². The highest BCUT2D eigenvalue weighted by molar-refractivity contribution is 6.29. The van der Waals surface area contributed by atoms with Crippen molar-refractivity contribution in [2.75, 3.05) is 13.7 Å². The molecule has 0 radical (unpaired) electrons. The minimum atomic E-state index is 0.463. The standard InChI is InChI=1S/C13H13ClN2O/c1-17-8-7-13-15-11(9-12(14)16-13)10-5-3-2-4-6-10/h2-6,9H,7-8H2,1H3. The molecule has 1 aromatic carbocycles. The largest absolute Gasteiger partial charge is 0.384 e. The Morgan fingerprint density at radius 3 is 2.65 bits per heavy atom. The summed E-state index contributed by atoms with van der Waals surface area (Å²) in [5.41, 5.74) is 1.88. The molecule has 0 atom stereocenters. The van der Waals surface area contributed by atoms with Gasteiger partial charge in [0.05, 0.1) is 12.3 Å². The van der Waals surface area contributed by atoms with Gasteiger partial charge in [-0.15, -0.1) is 0 Å². The van der Waals surface area contributed by atoms with Gasteiger partial charge in [0.1, 0.15) is 11.0 Å². The highest BCUT2D eigenvalue weighted by atomic mass is 35.5. The molecule has 1 heterocycles. The van der Waals surface area contributed by atoms with E-state index in [0.717, 1.165) is 11.3 Å². The predicted molar refractivity (Wildman–Crippen MR) is 68.1 cm³/mol. The second kappa shape index (κ2) is 5.75. The van der Waals surface area contributed by atoms with Gasteiger partial charge in [0.2, 0.25) is 0 Å². The molecule has 0 unspecified atom stereocenters. The zero-order valence-corrected chi connectivity index (χ0v) is 10.3. The van der Waals surface area contributed by atoms with Gasteiger partial charge in [0.15, 0.2) is 0 Å². The van der Waals surface area contributed by atoms with E-state index in [4.69, 9.17) is 16.3 Å². The smallest absolute Gasteiger partial charge is 0.133 e. The van der Waals surface area contributed by atoms with E-state index in [0.29, 0.717) is 24.0 Å². The molecule has 0 saturated heterocycles. The van der Waals surface area contributed by atoms with Crippen LogP contribution in [0.25, 0.3) is 11.3 Å². The molecule has 4 heteroatoms. The van der Waals surface area contributed by atoms with E-state index < -0.39 is 0 Å². The molecule has 0 saturated carbocycles. The first-order valence-corrected chi connectivity index (χ1v) is 5.75. The van der Waals surface area contributed by atoms with Crippen molar-refractivity contribution in [2.45, 2.75) is 6.42 Å². The van der Waals surface area contributed by atoms with Gasteiger partial charge < -0.3 is 4.74 Å². The van der Waals surface area contributed by atoms with E-state index >= 15 is 0 Å². The molecule has 3 nitrogen and oxygen atoms in total. The van der Waals surface area contributed by atoms with Crippen LogP contribution in [0.3, 0.4) is 0 Å². The van der Waals surface area contributed by atoms with Crippen molar-refractivity contribution in [3.05, 3.63) is 47.4 Å². The summed E-state index contributed by atoms with van der Waals surface area (Å²) >= 11 is 5.99. The number of methoxy groups -OCH3 is 1. The van der Waals surface area contributed by atoms with Crippen LogP contribution >= 0.6 is 11.6 Å². The number of nitrogens with zero attached hydrogens (tertiary/aromatic N) is 2. The Hall–Kier alpha value is -1.45. The number of rotatable bonds is 4. The molecule has 0 N–H and O–H groups in total. The fourth-order valence-corrected chi connectivity index (χ4v) is 1.73. The fraction of sp³-hybridized carbons (Fsp3) is 0.231. The maximum absolute atomic E-state index is 5.99. The van der Waals surface area contributed by atoms with Crippen LogP contribution < -0.4 is 0 Å². The summed E-state index contributed by atoms with van der Waals surface area (Å²) in [7, 11) is 1.66. The summed E-state index contributed by atoms with van der Waals surface area (Å²) in [4.78, 5) is 8.64. The van der Waals surface area contributed by atoms with Crippen molar-refractivity contribution in [3.8, 4) is 11.3 Å². The summed E-state index contributed by atoms with van der Waals surface area (Å²) in [5, 5.41) is 0.463. The van der Waals surface area contributed by atoms with Crippen molar-refractivity contribution in [2.24, 2.45) is 0 Å². The normalized spacial score (nSPS) is 10.5. The van der Waals surface area contributed by atoms with Gasteiger partial charge in [-0.05, 0) is 0 Å². The first-order valence-electron chi connectivity index (χ1n) is 5.37. The Labute approximate surface area is 105 Å². The topological polar surface area (TPSA) is 35.0 Å². The first-order chi connectivity index (χ1) is 8.29. The van der Waals surface area contributed by atoms with E-state index in [1.807, 2.05) is 30.3 Å². The Morgan fingerprint density at radius 1 is 1.18 bits per heavy atom. The molecular formula is C13H13ClN2O. The van der Waals surface area contributed by atoms with Gasteiger partial charge in [0.25, 0.3) is 0 Å². The van der Waals surface area contributed by atoms with Crippen LogP contribution in [0, 0.1) is 0 Å². The lowest BCUT2D eigenvalue weighted by Crippen LogP contribution is -2.02. The van der Waals surface area contributed by atoms with Crippen LogP contribution in [0.5, 0.6) is 0 Å². The summed E-state index contributed by atoms with van der Waals surface area (Å²) < 4.78 is 5.01. The summed E-state index contributed by atoms with van der Waals surface area (Å²) in [5.74, 6) is 0.707. The second-order valence-electron chi connectivity index (χ2n) is 3.60. The molecule has 2 rings (SSSR count). The number of benzene rings is 1. The number of ether oxygens (including phenoxy) is 1. The van der Waals surface area contributed by atoms with Crippen LogP contribution in [0.15, 0.2) is 36.4 Å². The molecule has 0 aliphatic rings. The summed E-state index contributed by atoms with van der Waals surface area (Å²) in [6, 6.07) is 11.7. The minimum Gasteiger partial charge on any atom is -0.384 e. The SMILES string of the molecule is COCCc1nc(Cl)cc(-c2ccccc2)n1. The summed E-state index contributed by atoms with van der Waals surface area (Å²) in [6.45, 7) is 0.592. The molecule has 1 aromatic heterocycles. The third kappa shape index (κ3) is 3.25. The third-order valence-electron chi connectivity index (χ3n) is 2.34. The summed E-state index contributed by atoms with van der Waals surface area (Å²) in [6.07, 6.45) is 0.664. The molecule has 0 spiro atoms. The Bertz CT molecular complexity index is 488. The van der Waals surface area contributed by atoms with Crippen molar-refractivity contribution >= 4 is 11.6 Å². The van der Waals surface area contributed by atoms with Crippen molar-refractivity contribution in [3.63, 3.8) is 0 Å². The predicted octanol–water partition coefficient (Wildman–Crippen LogP) is 2.99. The van der Waals surface area contributed by atoms with Crippen LogP contribution in [-0.4, -0.2) is 23.7 Å². The number of halogens is 1. The van der Waals surface area contributed by atoms with Crippen molar-refractivity contribution in [1.82, 2.24) is 9.97 Å². The van der Waals surface area contributed by atoms with Crippen LogP contribution in [0.1, 0.15) is 5.82 Å². The van der Waals surface area contributed by atoms with Gasteiger partial charge in [-0.25, -0.2) is 9.97 Å². The molecule has 0 aliphatic heterocycles. The number of hydrogen-bond donors (Lipinski definition) is 0. The average Bonchev–Trinajstić information content (AvgIpc) is 2.37. The Morgan fingerprint density at radius 2 is 1.94 bits per heavy atom. The average molecular weight is 249 g/mol. The van der Waals surface area contributed by atoms with E-state index in [1.54, 1.807) is 13.2 Å². The zero-order chi connectivity index (χ0) is 12.1. The molecule has 0 fully saturated rings. The van der Waals surface area contributed by atoms with Gasteiger partial charge in [-0.3, -0.25) is 0 Å². The number of hydrogen-bond acceptors (Lipinski definition) is 3. The Balaban J connectivity index is 2.32. The molecule has 88 valence electrons. The molecule has 2 aromatic rings. The first kappa shape index (κ1) is 12.0. The maximum atomic E-state index is 5.99. The lowest BCUT2D eigenvalue weighted by molar-refractivity contribution is 0.200. The van der Waals surface area contributed by atoms with Gasteiger partial charge in [0, 0.05) is 25.2 Å². The van der Waals surface area contributed by atoms with Crippen molar-refractivity contribution in [1.29, 1.82) is 0 Å². The lowest BCUT2D eigenvalue weighted by atomic mass is 10.1. The third-order valence-corrected chi connectivity index (χ3v) is 2.53. The van der Waals surface area contributed by atoms with E-state index in [2.05, 4.69) is 9.97 Å². The molecular weight excluding hydrogens is 236 g/mol. The molecule has 0 aliphatic carbocycles. The fourth-order valence-electron chi connectivity index (χ4n) is 1.53.